The summed E-state index contributed by atoms with van der Waals surface area (Å²) in [5.74, 6) is 1.80. The molecule has 3 nitrogen and oxygen atoms in total. The Labute approximate surface area is 118 Å². The molecule has 19 heavy (non-hydrogen) atoms. The molecule has 1 aromatic carbocycles. The number of aryl methyl sites for hydroxylation is 1. The highest BCUT2D eigenvalue weighted by atomic mass is 35.5. The Bertz CT molecular complexity index is 511. The molecule has 0 radical (unpaired) electrons. The Morgan fingerprint density at radius 1 is 1.37 bits per heavy atom. The van der Waals surface area contributed by atoms with Crippen LogP contribution in [0.3, 0.4) is 0 Å². The Morgan fingerprint density at radius 3 is 2.89 bits per heavy atom. The first-order valence-corrected chi connectivity index (χ1v) is 6.69. The first-order chi connectivity index (χ1) is 9.19. The molecule has 1 aromatic heterocycles. The summed E-state index contributed by atoms with van der Waals surface area (Å²) in [6.45, 7) is 2.12. The topological polar surface area (TPSA) is 34.4 Å². The summed E-state index contributed by atoms with van der Waals surface area (Å²) in [6, 6.07) is 9.79. The van der Waals surface area contributed by atoms with E-state index in [1.807, 2.05) is 30.3 Å². The zero-order valence-electron chi connectivity index (χ0n) is 11.2. The summed E-state index contributed by atoms with van der Waals surface area (Å²) in [5, 5.41) is 4.09. The Kier molecular flexibility index (Phi) is 4.74. The number of benzene rings is 1. The lowest BCUT2D eigenvalue weighted by Crippen LogP contribution is -2.16. The third-order valence-corrected chi connectivity index (χ3v) is 3.31. The average Bonchev–Trinajstić information content (AvgIpc) is 2.92. The molecule has 0 spiro atoms. The van der Waals surface area contributed by atoms with Crippen LogP contribution in [0.2, 0.25) is 5.02 Å². The molecule has 0 aliphatic rings. The van der Waals surface area contributed by atoms with Crippen molar-refractivity contribution in [1.82, 2.24) is 0 Å². The van der Waals surface area contributed by atoms with Crippen LogP contribution in [-0.2, 0) is 6.42 Å². The van der Waals surface area contributed by atoms with Gasteiger partial charge in [-0.2, -0.15) is 0 Å². The van der Waals surface area contributed by atoms with Gasteiger partial charge in [0.25, 0.3) is 0 Å². The monoisotopic (exact) mass is 279 g/mol. The zero-order valence-corrected chi connectivity index (χ0v) is 11.9. The van der Waals surface area contributed by atoms with Gasteiger partial charge in [0.15, 0.2) is 0 Å². The lowest BCUT2D eigenvalue weighted by Gasteiger charge is -2.16. The Balaban J connectivity index is 1.92. The van der Waals surface area contributed by atoms with Gasteiger partial charge in [-0.25, -0.2) is 0 Å². The van der Waals surface area contributed by atoms with Gasteiger partial charge in [0.1, 0.15) is 11.5 Å². The summed E-state index contributed by atoms with van der Waals surface area (Å²) < 4.78 is 10.5. The number of furan rings is 1. The maximum Gasteiger partial charge on any atom is 0.121 e. The van der Waals surface area contributed by atoms with Crippen molar-refractivity contribution < 1.29 is 9.15 Å². The maximum absolute atomic E-state index is 6.16. The summed E-state index contributed by atoms with van der Waals surface area (Å²) in [5.41, 5.74) is 0.896. The standard InChI is InChI=1S/C15H18ClNO2/c1-11(5-6-12-4-3-9-19-12)17-15-10-13(18-2)7-8-14(15)16/h3-4,7-11,17H,5-6H2,1-2H3. The van der Waals surface area contributed by atoms with Crippen LogP contribution >= 0.6 is 11.6 Å². The van der Waals surface area contributed by atoms with E-state index in [9.17, 15) is 0 Å². The number of anilines is 1. The van der Waals surface area contributed by atoms with Gasteiger partial charge in [-0.1, -0.05) is 11.6 Å². The molecule has 0 saturated heterocycles. The lowest BCUT2D eigenvalue weighted by atomic mass is 10.1. The van der Waals surface area contributed by atoms with Crippen LogP contribution < -0.4 is 10.1 Å². The number of hydrogen-bond donors (Lipinski definition) is 1. The van der Waals surface area contributed by atoms with Crippen molar-refractivity contribution in [2.45, 2.75) is 25.8 Å². The smallest absolute Gasteiger partial charge is 0.121 e. The van der Waals surface area contributed by atoms with E-state index in [2.05, 4.69) is 12.2 Å². The fraction of sp³-hybridized carbons (Fsp3) is 0.333. The fourth-order valence-corrected chi connectivity index (χ4v) is 2.07. The van der Waals surface area contributed by atoms with Gasteiger partial charge in [-0.3, -0.25) is 0 Å². The molecule has 0 aliphatic carbocycles. The molecule has 1 N–H and O–H groups in total. The van der Waals surface area contributed by atoms with Gasteiger partial charge in [0.05, 0.1) is 24.1 Å². The molecule has 0 fully saturated rings. The Hall–Kier alpha value is -1.61. The van der Waals surface area contributed by atoms with Gasteiger partial charge in [-0.05, 0) is 37.6 Å². The predicted molar refractivity (Wildman–Crippen MR) is 78.1 cm³/mol. The van der Waals surface area contributed by atoms with Crippen LogP contribution in [0.15, 0.2) is 41.0 Å². The minimum Gasteiger partial charge on any atom is -0.497 e. The van der Waals surface area contributed by atoms with E-state index < -0.39 is 0 Å². The van der Waals surface area contributed by atoms with Crippen molar-refractivity contribution in [1.29, 1.82) is 0 Å². The third-order valence-electron chi connectivity index (χ3n) is 2.98. The number of halogens is 1. The van der Waals surface area contributed by atoms with E-state index in [0.717, 1.165) is 30.0 Å². The number of hydrogen-bond acceptors (Lipinski definition) is 3. The van der Waals surface area contributed by atoms with Crippen LogP contribution in [0.25, 0.3) is 0 Å². The van der Waals surface area contributed by atoms with Crippen LogP contribution in [-0.4, -0.2) is 13.2 Å². The SMILES string of the molecule is COc1ccc(Cl)c(NC(C)CCc2ccco2)c1. The second-order valence-corrected chi connectivity index (χ2v) is 4.92. The van der Waals surface area contributed by atoms with Crippen molar-refractivity contribution >= 4 is 17.3 Å². The molecule has 2 aromatic rings. The van der Waals surface area contributed by atoms with E-state index >= 15 is 0 Å². The van der Waals surface area contributed by atoms with Crippen LogP contribution in [0, 0.1) is 0 Å². The van der Waals surface area contributed by atoms with Gasteiger partial charge in [0, 0.05) is 18.5 Å². The summed E-state index contributed by atoms with van der Waals surface area (Å²) in [4.78, 5) is 0. The summed E-state index contributed by atoms with van der Waals surface area (Å²) in [7, 11) is 1.65. The second kappa shape index (κ2) is 6.53. The number of nitrogens with one attached hydrogen (secondary N) is 1. The van der Waals surface area contributed by atoms with Gasteiger partial charge in [0.2, 0.25) is 0 Å². The zero-order chi connectivity index (χ0) is 13.7. The number of methoxy groups -OCH3 is 1. The number of ether oxygens (including phenoxy) is 1. The number of rotatable bonds is 6. The van der Waals surface area contributed by atoms with E-state index in [1.54, 1.807) is 13.4 Å². The summed E-state index contributed by atoms with van der Waals surface area (Å²) in [6.07, 6.45) is 3.58. The average molecular weight is 280 g/mol. The first-order valence-electron chi connectivity index (χ1n) is 6.31. The quantitative estimate of drug-likeness (QED) is 0.852. The minimum atomic E-state index is 0.301. The molecule has 1 atom stereocenters. The molecule has 4 heteroatoms. The molecule has 0 amide bonds. The van der Waals surface area contributed by atoms with Crippen molar-refractivity contribution in [3.05, 3.63) is 47.4 Å². The molecule has 0 saturated carbocycles. The van der Waals surface area contributed by atoms with Gasteiger partial charge < -0.3 is 14.5 Å². The molecule has 1 unspecified atom stereocenters. The highest BCUT2D eigenvalue weighted by Gasteiger charge is 2.08. The van der Waals surface area contributed by atoms with Crippen molar-refractivity contribution in [3.63, 3.8) is 0 Å². The van der Waals surface area contributed by atoms with E-state index in [4.69, 9.17) is 20.8 Å². The molecular formula is C15H18ClNO2. The van der Waals surface area contributed by atoms with Crippen LogP contribution in [0.5, 0.6) is 5.75 Å². The molecule has 0 aliphatic heterocycles. The first kappa shape index (κ1) is 13.8. The predicted octanol–water partition coefficient (Wildman–Crippen LogP) is 4.37. The van der Waals surface area contributed by atoms with E-state index in [0.29, 0.717) is 11.1 Å². The van der Waals surface area contributed by atoms with E-state index in [1.165, 1.54) is 0 Å². The molecular weight excluding hydrogens is 262 g/mol. The fourth-order valence-electron chi connectivity index (χ4n) is 1.89. The van der Waals surface area contributed by atoms with Gasteiger partial charge in [-0.15, -0.1) is 0 Å². The van der Waals surface area contributed by atoms with Crippen molar-refractivity contribution in [2.75, 3.05) is 12.4 Å². The normalized spacial score (nSPS) is 12.2. The van der Waals surface area contributed by atoms with Crippen molar-refractivity contribution in [2.24, 2.45) is 0 Å². The molecule has 1 heterocycles. The van der Waals surface area contributed by atoms with Crippen molar-refractivity contribution in [3.8, 4) is 5.75 Å². The largest absolute Gasteiger partial charge is 0.497 e. The second-order valence-electron chi connectivity index (χ2n) is 4.51. The van der Waals surface area contributed by atoms with Gasteiger partial charge >= 0.3 is 0 Å². The third kappa shape index (κ3) is 3.93. The highest BCUT2D eigenvalue weighted by molar-refractivity contribution is 6.33. The Morgan fingerprint density at radius 2 is 2.21 bits per heavy atom. The lowest BCUT2D eigenvalue weighted by molar-refractivity contribution is 0.415. The molecule has 0 bridgehead atoms. The molecule has 2 rings (SSSR count). The maximum atomic E-state index is 6.16. The highest BCUT2D eigenvalue weighted by Crippen LogP contribution is 2.27. The van der Waals surface area contributed by atoms with Crippen LogP contribution in [0.4, 0.5) is 5.69 Å². The van der Waals surface area contributed by atoms with E-state index in [-0.39, 0.29) is 0 Å². The summed E-state index contributed by atoms with van der Waals surface area (Å²) >= 11 is 6.16. The minimum absolute atomic E-state index is 0.301. The van der Waals surface area contributed by atoms with Crippen LogP contribution in [0.1, 0.15) is 19.1 Å². The molecule has 102 valence electrons.